The van der Waals surface area contributed by atoms with E-state index < -0.39 is 11.9 Å². The molecule has 0 aliphatic rings. The van der Waals surface area contributed by atoms with Crippen LogP contribution in [-0.4, -0.2) is 30.9 Å². The van der Waals surface area contributed by atoms with Crippen molar-refractivity contribution in [3.8, 4) is 0 Å². The molecule has 19 heavy (non-hydrogen) atoms. The number of benzene rings is 1. The molecule has 1 aromatic carbocycles. The molecule has 0 bridgehead atoms. The highest BCUT2D eigenvalue weighted by Gasteiger charge is 2.19. The molecule has 104 valence electrons. The molecule has 0 radical (unpaired) electrons. The van der Waals surface area contributed by atoms with Crippen LogP contribution in [0.25, 0.3) is 0 Å². The molecule has 4 nitrogen and oxygen atoms in total. The minimum Gasteiger partial charge on any atom is -0.462 e. The number of methoxy groups -OCH3 is 1. The van der Waals surface area contributed by atoms with Crippen LogP contribution in [0, 0.1) is 0 Å². The van der Waals surface area contributed by atoms with Crippen molar-refractivity contribution in [3.05, 3.63) is 35.4 Å². The van der Waals surface area contributed by atoms with Gasteiger partial charge in [-0.1, -0.05) is 45.0 Å². The monoisotopic (exact) mass is 263 g/mol. The first-order chi connectivity index (χ1) is 8.75. The number of esters is 1. The van der Waals surface area contributed by atoms with E-state index in [0.717, 1.165) is 5.56 Å². The van der Waals surface area contributed by atoms with Gasteiger partial charge in [-0.15, -0.1) is 0 Å². The lowest BCUT2D eigenvalue weighted by Gasteiger charge is -2.20. The molecule has 0 unspecified atom stereocenters. The molecule has 0 aromatic heterocycles. The Balaban J connectivity index is 2.73. The van der Waals surface area contributed by atoms with Crippen LogP contribution in [0.15, 0.2) is 24.3 Å². The van der Waals surface area contributed by atoms with Crippen LogP contribution in [0.4, 0.5) is 0 Å². The van der Waals surface area contributed by atoms with E-state index in [-0.39, 0.29) is 5.41 Å². The van der Waals surface area contributed by atoms with Crippen molar-refractivity contribution < 1.29 is 14.3 Å². The highest BCUT2D eigenvalue weighted by Crippen LogP contribution is 2.22. The molecule has 1 aromatic rings. The van der Waals surface area contributed by atoms with Crippen LogP contribution in [0.1, 0.15) is 31.9 Å². The quantitative estimate of drug-likeness (QED) is 0.606. The first kappa shape index (κ1) is 15.2. The number of amides is 1. The highest BCUT2D eigenvalue weighted by molar-refractivity contribution is 6.32. The summed E-state index contributed by atoms with van der Waals surface area (Å²) >= 11 is 0. The molecule has 0 spiro atoms. The minimum atomic E-state index is -0.839. The second-order valence-corrected chi connectivity index (χ2v) is 5.60. The molecule has 0 saturated carbocycles. The Bertz CT molecular complexity index is 457. The Kier molecular flexibility index (Phi) is 4.70. The lowest BCUT2D eigenvalue weighted by molar-refractivity contribution is -0.157. The Morgan fingerprint density at radius 2 is 1.68 bits per heavy atom. The van der Waals surface area contributed by atoms with Crippen molar-refractivity contribution in [3.63, 3.8) is 0 Å². The van der Waals surface area contributed by atoms with Gasteiger partial charge in [-0.25, -0.2) is 4.79 Å². The fourth-order valence-corrected chi connectivity index (χ4v) is 1.70. The van der Waals surface area contributed by atoms with Gasteiger partial charge in [0.05, 0.1) is 7.11 Å². The first-order valence-corrected chi connectivity index (χ1v) is 6.18. The van der Waals surface area contributed by atoms with Gasteiger partial charge in [-0.2, -0.15) is 0 Å². The number of likely N-dealkylation sites (N-methyl/N-ethyl adjacent to an activating group) is 1. The van der Waals surface area contributed by atoms with Crippen molar-refractivity contribution in [2.75, 3.05) is 14.2 Å². The number of nitrogens with zero attached hydrogens (tertiary/aromatic N) is 1. The highest BCUT2D eigenvalue weighted by atomic mass is 16.5. The Morgan fingerprint density at radius 1 is 1.16 bits per heavy atom. The molecule has 0 N–H and O–H groups in total. The maximum Gasteiger partial charge on any atom is 0.396 e. The molecule has 0 heterocycles. The number of rotatable bonds is 2. The van der Waals surface area contributed by atoms with Crippen LogP contribution in [-0.2, 0) is 26.3 Å². The van der Waals surface area contributed by atoms with Gasteiger partial charge >= 0.3 is 11.9 Å². The van der Waals surface area contributed by atoms with Crippen LogP contribution in [0.5, 0.6) is 0 Å². The van der Waals surface area contributed by atoms with Crippen molar-refractivity contribution in [2.45, 2.75) is 32.7 Å². The fourth-order valence-electron chi connectivity index (χ4n) is 1.70. The lowest BCUT2D eigenvalue weighted by Crippen LogP contribution is -2.33. The van der Waals surface area contributed by atoms with Gasteiger partial charge in [0.1, 0.15) is 0 Å². The van der Waals surface area contributed by atoms with Gasteiger partial charge in [0.15, 0.2) is 0 Å². The van der Waals surface area contributed by atoms with E-state index in [1.807, 2.05) is 24.3 Å². The smallest absolute Gasteiger partial charge is 0.396 e. The van der Waals surface area contributed by atoms with Crippen molar-refractivity contribution in [1.82, 2.24) is 4.90 Å². The fraction of sp³-hybridized carbons (Fsp3) is 0.467. The van der Waals surface area contributed by atoms with E-state index in [0.29, 0.717) is 6.54 Å². The van der Waals surface area contributed by atoms with Crippen molar-refractivity contribution in [2.24, 2.45) is 0 Å². The molecule has 1 rings (SSSR count). The zero-order valence-corrected chi connectivity index (χ0v) is 12.2. The number of hydrogen-bond acceptors (Lipinski definition) is 3. The number of hydrogen-bond donors (Lipinski definition) is 0. The molecular formula is C15H21NO3. The van der Waals surface area contributed by atoms with Crippen LogP contribution in [0.2, 0.25) is 0 Å². The summed E-state index contributed by atoms with van der Waals surface area (Å²) in [7, 11) is 2.78. The van der Waals surface area contributed by atoms with Gasteiger partial charge in [-0.3, -0.25) is 4.79 Å². The summed E-state index contributed by atoms with van der Waals surface area (Å²) in [5, 5.41) is 0. The molecule has 0 aliphatic carbocycles. The predicted molar refractivity (Wildman–Crippen MR) is 73.6 cm³/mol. The molecule has 0 atom stereocenters. The standard InChI is InChI=1S/C15H21NO3/c1-15(2,3)12-8-6-11(7-9-12)10-16(4)13(17)14(18)19-5/h6-9H,10H2,1-5H3. The van der Waals surface area contributed by atoms with E-state index in [4.69, 9.17) is 0 Å². The van der Waals surface area contributed by atoms with Crippen molar-refractivity contribution >= 4 is 11.9 Å². The van der Waals surface area contributed by atoms with Crippen LogP contribution < -0.4 is 0 Å². The second kappa shape index (κ2) is 5.87. The van der Waals surface area contributed by atoms with Gasteiger partial charge in [0, 0.05) is 13.6 Å². The topological polar surface area (TPSA) is 46.6 Å². The average Bonchev–Trinajstić information content (AvgIpc) is 2.36. The second-order valence-electron chi connectivity index (χ2n) is 5.60. The normalized spacial score (nSPS) is 11.0. The zero-order valence-electron chi connectivity index (χ0n) is 12.2. The SMILES string of the molecule is COC(=O)C(=O)N(C)Cc1ccc(C(C)(C)C)cc1. The van der Waals surface area contributed by atoms with Gasteiger partial charge in [0.2, 0.25) is 0 Å². The molecule has 0 aliphatic heterocycles. The van der Waals surface area contributed by atoms with Gasteiger partial charge in [0.25, 0.3) is 0 Å². The third-order valence-corrected chi connectivity index (χ3v) is 2.95. The first-order valence-electron chi connectivity index (χ1n) is 6.18. The number of carbonyl (C=O) groups excluding carboxylic acids is 2. The van der Waals surface area contributed by atoms with Crippen LogP contribution in [0.3, 0.4) is 0 Å². The van der Waals surface area contributed by atoms with Crippen LogP contribution >= 0.6 is 0 Å². The maximum absolute atomic E-state index is 11.6. The van der Waals surface area contributed by atoms with E-state index in [1.54, 1.807) is 7.05 Å². The third-order valence-electron chi connectivity index (χ3n) is 2.95. The van der Waals surface area contributed by atoms with E-state index >= 15 is 0 Å². The number of carbonyl (C=O) groups is 2. The lowest BCUT2D eigenvalue weighted by atomic mass is 9.87. The predicted octanol–water partition coefficient (Wildman–Crippen LogP) is 2.12. The molecule has 0 saturated heterocycles. The summed E-state index contributed by atoms with van der Waals surface area (Å²) in [5.41, 5.74) is 2.32. The molecule has 4 heteroatoms. The number of ether oxygens (including phenoxy) is 1. The van der Waals surface area contributed by atoms with E-state index in [1.165, 1.54) is 17.6 Å². The van der Waals surface area contributed by atoms with Crippen molar-refractivity contribution in [1.29, 1.82) is 0 Å². The summed E-state index contributed by atoms with van der Waals surface area (Å²) in [6.07, 6.45) is 0. The maximum atomic E-state index is 11.6. The molecule has 1 amide bonds. The third kappa shape index (κ3) is 4.09. The minimum absolute atomic E-state index is 0.103. The summed E-state index contributed by atoms with van der Waals surface area (Å²) < 4.78 is 4.40. The zero-order chi connectivity index (χ0) is 14.6. The Morgan fingerprint density at radius 3 is 2.11 bits per heavy atom. The van der Waals surface area contributed by atoms with E-state index in [2.05, 4.69) is 25.5 Å². The van der Waals surface area contributed by atoms with Gasteiger partial charge in [-0.05, 0) is 16.5 Å². The molecular weight excluding hydrogens is 242 g/mol. The largest absolute Gasteiger partial charge is 0.462 e. The Hall–Kier alpha value is -1.84. The molecule has 0 fully saturated rings. The summed E-state index contributed by atoms with van der Waals surface area (Å²) in [6, 6.07) is 8.04. The summed E-state index contributed by atoms with van der Waals surface area (Å²) in [4.78, 5) is 24.0. The summed E-state index contributed by atoms with van der Waals surface area (Å²) in [6.45, 7) is 6.83. The van der Waals surface area contributed by atoms with Gasteiger partial charge < -0.3 is 9.64 Å². The van der Waals surface area contributed by atoms with E-state index in [9.17, 15) is 9.59 Å². The Labute approximate surface area is 114 Å². The average molecular weight is 263 g/mol. The summed E-state index contributed by atoms with van der Waals surface area (Å²) in [5.74, 6) is -1.48.